The summed E-state index contributed by atoms with van der Waals surface area (Å²) < 4.78 is 5.56. The summed E-state index contributed by atoms with van der Waals surface area (Å²) in [4.78, 5) is 24.6. The Hall–Kier alpha value is -3.23. The van der Waals surface area contributed by atoms with E-state index in [1.165, 1.54) is 11.3 Å². The Morgan fingerprint density at radius 2 is 1.89 bits per heavy atom. The minimum absolute atomic E-state index is 0.271. The second-order valence-corrected chi connectivity index (χ2v) is 10.5. The van der Waals surface area contributed by atoms with Crippen LogP contribution in [0.25, 0.3) is 11.3 Å². The highest BCUT2D eigenvalue weighted by Crippen LogP contribution is 2.30. The van der Waals surface area contributed by atoms with Crippen LogP contribution in [-0.2, 0) is 29.0 Å². The van der Waals surface area contributed by atoms with Crippen LogP contribution < -0.4 is 4.90 Å². The zero-order chi connectivity index (χ0) is 25.0. The number of H-pyrrole nitrogens is 1. The number of nitrogens with one attached hydrogen (secondary N) is 1. The fraction of sp³-hybridized carbons (Fsp3) is 0.483. The van der Waals surface area contributed by atoms with Crippen LogP contribution in [0.15, 0.2) is 48.8 Å². The number of likely N-dealkylation sites (tertiary alicyclic amines) is 1. The minimum atomic E-state index is 0.271. The van der Waals surface area contributed by atoms with Gasteiger partial charge >= 0.3 is 0 Å². The molecule has 3 aromatic rings. The van der Waals surface area contributed by atoms with Crippen LogP contribution in [0.2, 0.25) is 0 Å². The SMILES string of the molecule is O=C(C[C@@H]1CCCN(Cc2ccccc2N2CCOCC2)C1)N1CCc2[nH]nc(-c3ccncc3)c2C1. The average molecular weight is 501 g/mol. The summed E-state index contributed by atoms with van der Waals surface area (Å²) in [5.74, 6) is 0.676. The second-order valence-electron chi connectivity index (χ2n) is 10.5. The van der Waals surface area contributed by atoms with Crippen molar-refractivity contribution in [3.8, 4) is 11.3 Å². The lowest BCUT2D eigenvalue weighted by Crippen LogP contribution is -2.41. The number of rotatable bonds is 6. The Balaban J connectivity index is 1.08. The number of carbonyl (C=O) groups is 1. The molecule has 2 aromatic heterocycles. The Morgan fingerprint density at radius 3 is 2.76 bits per heavy atom. The van der Waals surface area contributed by atoms with Crippen LogP contribution in [0.1, 0.15) is 36.1 Å². The van der Waals surface area contributed by atoms with Crippen molar-refractivity contribution in [3.05, 3.63) is 65.6 Å². The molecule has 6 rings (SSSR count). The van der Waals surface area contributed by atoms with Crippen molar-refractivity contribution in [1.29, 1.82) is 0 Å². The number of piperidine rings is 1. The summed E-state index contributed by atoms with van der Waals surface area (Å²) in [6.45, 7) is 7.90. The average Bonchev–Trinajstić information content (AvgIpc) is 3.38. The third-order valence-corrected chi connectivity index (χ3v) is 8.04. The van der Waals surface area contributed by atoms with Gasteiger partial charge in [-0.15, -0.1) is 0 Å². The highest BCUT2D eigenvalue weighted by Gasteiger charge is 2.29. The molecule has 3 aliphatic rings. The molecule has 0 spiro atoms. The molecule has 1 N–H and O–H groups in total. The molecule has 8 heteroatoms. The Kier molecular flexibility index (Phi) is 7.19. The normalized spacial score (nSPS) is 20.6. The van der Waals surface area contributed by atoms with E-state index < -0.39 is 0 Å². The van der Waals surface area contributed by atoms with Crippen molar-refractivity contribution < 1.29 is 9.53 Å². The van der Waals surface area contributed by atoms with Crippen molar-refractivity contribution in [1.82, 2.24) is 25.0 Å². The van der Waals surface area contributed by atoms with Gasteiger partial charge in [0.2, 0.25) is 5.91 Å². The Bertz CT molecular complexity index is 1210. The van der Waals surface area contributed by atoms with Gasteiger partial charge < -0.3 is 14.5 Å². The molecule has 5 heterocycles. The molecule has 3 aliphatic heterocycles. The van der Waals surface area contributed by atoms with Crippen LogP contribution in [0.4, 0.5) is 5.69 Å². The molecule has 8 nitrogen and oxygen atoms in total. The van der Waals surface area contributed by atoms with E-state index in [1.54, 1.807) is 12.4 Å². The molecule has 2 saturated heterocycles. The smallest absolute Gasteiger partial charge is 0.223 e. The number of aromatic amines is 1. The third kappa shape index (κ3) is 5.40. The summed E-state index contributed by atoms with van der Waals surface area (Å²) in [5.41, 5.74) is 7.00. The van der Waals surface area contributed by atoms with Gasteiger partial charge in [0.1, 0.15) is 0 Å². The number of carbonyl (C=O) groups excluding carboxylic acids is 1. The topological polar surface area (TPSA) is 77.6 Å². The zero-order valence-electron chi connectivity index (χ0n) is 21.4. The second kappa shape index (κ2) is 11.0. The van der Waals surface area contributed by atoms with Crippen molar-refractivity contribution in [2.24, 2.45) is 5.92 Å². The van der Waals surface area contributed by atoms with Crippen molar-refractivity contribution in [2.45, 2.75) is 38.8 Å². The first-order valence-corrected chi connectivity index (χ1v) is 13.6. The third-order valence-electron chi connectivity index (χ3n) is 8.04. The number of ether oxygens (including phenoxy) is 1. The highest BCUT2D eigenvalue weighted by atomic mass is 16.5. The van der Waals surface area contributed by atoms with Gasteiger partial charge in [-0.1, -0.05) is 18.2 Å². The molecule has 0 radical (unpaired) electrons. The van der Waals surface area contributed by atoms with Crippen LogP contribution in [0, 0.1) is 5.92 Å². The molecule has 0 bridgehead atoms. The van der Waals surface area contributed by atoms with E-state index in [0.717, 1.165) is 94.3 Å². The van der Waals surface area contributed by atoms with Gasteiger partial charge in [-0.3, -0.25) is 19.8 Å². The molecule has 1 atom stereocenters. The Morgan fingerprint density at radius 1 is 1.05 bits per heavy atom. The predicted molar refractivity (Wildman–Crippen MR) is 143 cm³/mol. The van der Waals surface area contributed by atoms with E-state index >= 15 is 0 Å². The number of hydrogen-bond acceptors (Lipinski definition) is 6. The van der Waals surface area contributed by atoms with E-state index in [1.807, 2.05) is 17.0 Å². The highest BCUT2D eigenvalue weighted by molar-refractivity contribution is 5.77. The number of morpholine rings is 1. The summed E-state index contributed by atoms with van der Waals surface area (Å²) in [5, 5.41) is 7.76. The van der Waals surface area contributed by atoms with Crippen LogP contribution in [-0.4, -0.2) is 76.8 Å². The molecule has 2 fully saturated rings. The lowest BCUT2D eigenvalue weighted by molar-refractivity contribution is -0.133. The molecular formula is C29H36N6O2. The number of nitrogens with zero attached hydrogens (tertiary/aromatic N) is 5. The van der Waals surface area contributed by atoms with Crippen LogP contribution in [0.5, 0.6) is 0 Å². The number of benzene rings is 1. The predicted octanol–water partition coefficient (Wildman–Crippen LogP) is 3.50. The number of aromatic nitrogens is 3. The maximum absolute atomic E-state index is 13.4. The molecular weight excluding hydrogens is 464 g/mol. The van der Waals surface area contributed by atoms with Crippen molar-refractivity contribution in [2.75, 3.05) is 50.8 Å². The Labute approximate surface area is 218 Å². The van der Waals surface area contributed by atoms with Gasteiger partial charge in [-0.2, -0.15) is 5.10 Å². The standard InChI is InChI=1S/C29H36N6O2/c36-28(35-13-9-26-25(21-35)29(32-31-26)23-7-10-30-11-8-23)18-22-4-3-12-33(19-22)20-24-5-1-2-6-27(24)34-14-16-37-17-15-34/h1-2,5-8,10-11,22H,3-4,9,12-21H2,(H,31,32)/t22-/m0/s1. The van der Waals surface area contributed by atoms with Gasteiger partial charge in [0.05, 0.1) is 18.9 Å². The van der Waals surface area contributed by atoms with Gasteiger partial charge in [0.15, 0.2) is 0 Å². The van der Waals surface area contributed by atoms with E-state index in [4.69, 9.17) is 4.74 Å². The monoisotopic (exact) mass is 500 g/mol. The van der Waals surface area contributed by atoms with E-state index in [-0.39, 0.29) is 5.91 Å². The summed E-state index contributed by atoms with van der Waals surface area (Å²) in [7, 11) is 0. The maximum atomic E-state index is 13.4. The van der Waals surface area contributed by atoms with Crippen molar-refractivity contribution >= 4 is 11.6 Å². The van der Waals surface area contributed by atoms with Crippen LogP contribution >= 0.6 is 0 Å². The molecule has 1 amide bonds. The van der Waals surface area contributed by atoms with Crippen LogP contribution in [0.3, 0.4) is 0 Å². The first kappa shape index (κ1) is 24.1. The lowest BCUT2D eigenvalue weighted by Gasteiger charge is -2.36. The number of pyridine rings is 1. The summed E-state index contributed by atoms with van der Waals surface area (Å²) in [6.07, 6.45) is 7.30. The fourth-order valence-corrected chi connectivity index (χ4v) is 6.09. The lowest BCUT2D eigenvalue weighted by atomic mass is 9.93. The number of hydrogen-bond donors (Lipinski definition) is 1. The van der Waals surface area contributed by atoms with E-state index in [9.17, 15) is 4.79 Å². The largest absolute Gasteiger partial charge is 0.378 e. The zero-order valence-corrected chi connectivity index (χ0v) is 21.4. The first-order valence-electron chi connectivity index (χ1n) is 13.6. The number of para-hydroxylation sites is 1. The summed E-state index contributed by atoms with van der Waals surface area (Å²) >= 11 is 0. The molecule has 0 unspecified atom stereocenters. The number of anilines is 1. The van der Waals surface area contributed by atoms with E-state index in [2.05, 4.69) is 49.2 Å². The molecule has 0 saturated carbocycles. The first-order chi connectivity index (χ1) is 18.2. The molecule has 37 heavy (non-hydrogen) atoms. The molecule has 0 aliphatic carbocycles. The van der Waals surface area contributed by atoms with Gasteiger partial charge in [0.25, 0.3) is 0 Å². The van der Waals surface area contributed by atoms with E-state index in [0.29, 0.717) is 18.9 Å². The van der Waals surface area contributed by atoms with Crippen molar-refractivity contribution in [3.63, 3.8) is 0 Å². The maximum Gasteiger partial charge on any atom is 0.223 e. The molecule has 1 aromatic carbocycles. The minimum Gasteiger partial charge on any atom is -0.378 e. The fourth-order valence-electron chi connectivity index (χ4n) is 6.09. The van der Waals surface area contributed by atoms with Gasteiger partial charge in [-0.05, 0) is 49.1 Å². The number of amides is 1. The van der Waals surface area contributed by atoms with Gasteiger partial charge in [-0.25, -0.2) is 0 Å². The summed E-state index contributed by atoms with van der Waals surface area (Å²) in [6, 6.07) is 12.7. The van der Waals surface area contributed by atoms with Gasteiger partial charge in [0, 0.05) is 87.0 Å². The number of fused-ring (bicyclic) bond motifs is 1. The quantitative estimate of drug-likeness (QED) is 0.558. The molecule has 194 valence electrons.